The van der Waals surface area contributed by atoms with Crippen molar-refractivity contribution in [2.75, 3.05) is 7.11 Å². The molecule has 3 aromatic rings. The van der Waals surface area contributed by atoms with Crippen LogP contribution in [0.2, 0.25) is 0 Å². The van der Waals surface area contributed by atoms with E-state index in [2.05, 4.69) is 15.0 Å². The molecule has 22 heavy (non-hydrogen) atoms. The quantitative estimate of drug-likeness (QED) is 0.694. The van der Waals surface area contributed by atoms with E-state index in [0.717, 1.165) is 11.1 Å². The number of pyridine rings is 3. The van der Waals surface area contributed by atoms with Crippen LogP contribution in [0.3, 0.4) is 0 Å². The molecule has 0 fully saturated rings. The average molecular weight is 291 g/mol. The van der Waals surface area contributed by atoms with Crippen molar-refractivity contribution in [3.63, 3.8) is 0 Å². The van der Waals surface area contributed by atoms with Crippen LogP contribution in [0, 0.1) is 0 Å². The minimum Gasteiger partial charge on any atom is -0.465 e. The van der Waals surface area contributed by atoms with Crippen LogP contribution in [0.1, 0.15) is 10.4 Å². The topological polar surface area (TPSA) is 65.0 Å². The third-order valence-corrected chi connectivity index (χ3v) is 3.20. The zero-order chi connectivity index (χ0) is 15.4. The van der Waals surface area contributed by atoms with Crippen LogP contribution in [0.25, 0.3) is 22.5 Å². The van der Waals surface area contributed by atoms with Crippen LogP contribution in [0.4, 0.5) is 0 Å². The lowest BCUT2D eigenvalue weighted by Gasteiger charge is -2.08. The molecule has 0 radical (unpaired) electrons. The maximum Gasteiger partial charge on any atom is 0.338 e. The molecule has 3 heterocycles. The minimum absolute atomic E-state index is 0.395. The molecular weight excluding hydrogens is 278 g/mol. The van der Waals surface area contributed by atoms with E-state index in [4.69, 9.17) is 4.74 Å². The molecule has 0 N–H and O–H groups in total. The van der Waals surface area contributed by atoms with E-state index in [-0.39, 0.29) is 0 Å². The molecule has 0 aliphatic heterocycles. The van der Waals surface area contributed by atoms with E-state index in [0.29, 0.717) is 17.0 Å². The fourth-order valence-corrected chi connectivity index (χ4v) is 2.11. The molecule has 0 saturated heterocycles. The normalized spacial score (nSPS) is 10.2. The highest BCUT2D eigenvalue weighted by Crippen LogP contribution is 2.24. The Hall–Kier alpha value is -3.08. The summed E-state index contributed by atoms with van der Waals surface area (Å²) in [4.78, 5) is 24.5. The molecule has 5 heteroatoms. The lowest BCUT2D eigenvalue weighted by molar-refractivity contribution is 0.0600. The van der Waals surface area contributed by atoms with Crippen LogP contribution in [-0.2, 0) is 4.74 Å². The predicted molar refractivity (Wildman–Crippen MR) is 82.0 cm³/mol. The molecule has 108 valence electrons. The van der Waals surface area contributed by atoms with E-state index in [1.807, 2.05) is 24.3 Å². The number of carbonyl (C=O) groups is 1. The first-order valence-electron chi connectivity index (χ1n) is 6.69. The second-order valence-corrected chi connectivity index (χ2v) is 4.59. The van der Waals surface area contributed by atoms with Crippen LogP contribution >= 0.6 is 0 Å². The van der Waals surface area contributed by atoms with Crippen molar-refractivity contribution >= 4 is 5.97 Å². The number of rotatable bonds is 3. The Bertz CT molecular complexity index is 732. The van der Waals surface area contributed by atoms with Gasteiger partial charge in [0.2, 0.25) is 0 Å². The number of carbonyl (C=O) groups excluding carboxylic acids is 1. The first kappa shape index (κ1) is 13.9. The highest BCUT2D eigenvalue weighted by molar-refractivity contribution is 5.92. The molecule has 5 nitrogen and oxygen atoms in total. The Balaban J connectivity index is 2.17. The van der Waals surface area contributed by atoms with E-state index < -0.39 is 5.97 Å². The SMILES string of the molecule is COC(=O)c1cc(-c2ccncc2)nc(-c2ccncc2)c1. The van der Waals surface area contributed by atoms with Gasteiger partial charge in [-0.15, -0.1) is 0 Å². The summed E-state index contributed by atoms with van der Waals surface area (Å²) in [5.74, 6) is -0.395. The van der Waals surface area contributed by atoms with Crippen molar-refractivity contribution in [2.45, 2.75) is 0 Å². The van der Waals surface area contributed by atoms with E-state index >= 15 is 0 Å². The Morgan fingerprint density at radius 2 is 1.32 bits per heavy atom. The average Bonchev–Trinajstić information content (AvgIpc) is 2.62. The molecule has 0 amide bonds. The van der Waals surface area contributed by atoms with Gasteiger partial charge in [0.15, 0.2) is 0 Å². The van der Waals surface area contributed by atoms with Gasteiger partial charge in [-0.1, -0.05) is 0 Å². The lowest BCUT2D eigenvalue weighted by Crippen LogP contribution is -2.03. The van der Waals surface area contributed by atoms with Crippen LogP contribution in [-0.4, -0.2) is 28.0 Å². The van der Waals surface area contributed by atoms with Gasteiger partial charge in [-0.05, 0) is 36.4 Å². The Labute approximate surface area is 127 Å². The zero-order valence-electron chi connectivity index (χ0n) is 11.9. The Morgan fingerprint density at radius 3 is 1.73 bits per heavy atom. The van der Waals surface area contributed by atoms with Crippen LogP contribution < -0.4 is 0 Å². The summed E-state index contributed by atoms with van der Waals surface area (Å²) in [6.45, 7) is 0. The van der Waals surface area contributed by atoms with Crippen molar-refractivity contribution in [3.05, 3.63) is 66.7 Å². The van der Waals surface area contributed by atoms with Crippen molar-refractivity contribution in [2.24, 2.45) is 0 Å². The first-order valence-corrected chi connectivity index (χ1v) is 6.69. The Kier molecular flexibility index (Phi) is 3.87. The summed E-state index contributed by atoms with van der Waals surface area (Å²) in [6, 6.07) is 10.8. The Morgan fingerprint density at radius 1 is 0.864 bits per heavy atom. The summed E-state index contributed by atoms with van der Waals surface area (Å²) >= 11 is 0. The van der Waals surface area contributed by atoms with Crippen LogP contribution in [0.15, 0.2) is 61.2 Å². The van der Waals surface area contributed by atoms with Crippen LogP contribution in [0.5, 0.6) is 0 Å². The van der Waals surface area contributed by atoms with Gasteiger partial charge >= 0.3 is 5.97 Å². The van der Waals surface area contributed by atoms with Gasteiger partial charge in [0.1, 0.15) is 0 Å². The van der Waals surface area contributed by atoms with Gasteiger partial charge in [-0.3, -0.25) is 9.97 Å². The molecule has 3 aromatic heterocycles. The second-order valence-electron chi connectivity index (χ2n) is 4.59. The minimum atomic E-state index is -0.395. The summed E-state index contributed by atoms with van der Waals surface area (Å²) in [6.07, 6.45) is 6.75. The summed E-state index contributed by atoms with van der Waals surface area (Å²) in [5, 5.41) is 0. The maximum atomic E-state index is 11.9. The number of nitrogens with zero attached hydrogens (tertiary/aromatic N) is 3. The number of ether oxygens (including phenoxy) is 1. The molecule has 0 aliphatic rings. The van der Waals surface area contributed by atoms with E-state index in [9.17, 15) is 4.79 Å². The van der Waals surface area contributed by atoms with Crippen molar-refractivity contribution in [1.29, 1.82) is 0 Å². The number of hydrogen-bond donors (Lipinski definition) is 0. The summed E-state index contributed by atoms with van der Waals surface area (Å²) < 4.78 is 4.83. The number of methoxy groups -OCH3 is 1. The van der Waals surface area contributed by atoms with Crippen molar-refractivity contribution in [3.8, 4) is 22.5 Å². The standard InChI is InChI=1S/C17H13N3O2/c1-22-17(21)14-10-15(12-2-6-18-7-3-12)20-16(11-14)13-4-8-19-9-5-13/h2-11H,1H3. The van der Waals surface area contributed by atoms with Gasteiger partial charge in [0.25, 0.3) is 0 Å². The highest BCUT2D eigenvalue weighted by Gasteiger charge is 2.12. The number of esters is 1. The maximum absolute atomic E-state index is 11.9. The second kappa shape index (κ2) is 6.13. The molecule has 0 spiro atoms. The number of hydrogen-bond acceptors (Lipinski definition) is 5. The zero-order valence-corrected chi connectivity index (χ0v) is 11.9. The molecular formula is C17H13N3O2. The molecule has 0 aliphatic carbocycles. The molecule has 3 rings (SSSR count). The lowest BCUT2D eigenvalue weighted by atomic mass is 10.1. The third kappa shape index (κ3) is 2.83. The monoisotopic (exact) mass is 291 g/mol. The fraction of sp³-hybridized carbons (Fsp3) is 0.0588. The predicted octanol–water partition coefficient (Wildman–Crippen LogP) is 2.99. The first-order chi connectivity index (χ1) is 10.8. The highest BCUT2D eigenvalue weighted by atomic mass is 16.5. The summed E-state index contributed by atoms with van der Waals surface area (Å²) in [7, 11) is 1.36. The molecule has 0 bridgehead atoms. The number of aromatic nitrogens is 3. The fourth-order valence-electron chi connectivity index (χ4n) is 2.11. The van der Waals surface area contributed by atoms with Gasteiger partial charge in [0, 0.05) is 35.9 Å². The molecule has 0 saturated carbocycles. The van der Waals surface area contributed by atoms with E-state index in [1.165, 1.54) is 7.11 Å². The molecule has 0 unspecified atom stereocenters. The largest absolute Gasteiger partial charge is 0.465 e. The van der Waals surface area contributed by atoms with Gasteiger partial charge in [-0.25, -0.2) is 9.78 Å². The van der Waals surface area contributed by atoms with Gasteiger partial charge in [0.05, 0.1) is 24.1 Å². The third-order valence-electron chi connectivity index (χ3n) is 3.20. The smallest absolute Gasteiger partial charge is 0.338 e. The van der Waals surface area contributed by atoms with Gasteiger partial charge in [-0.2, -0.15) is 0 Å². The van der Waals surface area contributed by atoms with Crippen molar-refractivity contribution < 1.29 is 9.53 Å². The molecule has 0 aromatic carbocycles. The molecule has 0 atom stereocenters. The summed E-state index contributed by atoms with van der Waals surface area (Å²) in [5.41, 5.74) is 3.61. The van der Waals surface area contributed by atoms with Crippen molar-refractivity contribution in [1.82, 2.24) is 15.0 Å². The van der Waals surface area contributed by atoms with Gasteiger partial charge < -0.3 is 4.74 Å². The van der Waals surface area contributed by atoms with E-state index in [1.54, 1.807) is 36.9 Å².